The number of ether oxygens (including phenoxy) is 2. The molecule has 4 rings (SSSR count). The molecule has 1 aliphatic carbocycles. The quantitative estimate of drug-likeness (QED) is 0.470. The summed E-state index contributed by atoms with van der Waals surface area (Å²) >= 11 is 6.20. The Kier molecular flexibility index (Phi) is 8.26. The normalized spacial score (nSPS) is 21.8. The Balaban J connectivity index is 1.34. The molecule has 8 nitrogen and oxygen atoms in total. The number of piperazine rings is 1. The van der Waals surface area contributed by atoms with Gasteiger partial charge in [0.15, 0.2) is 0 Å². The van der Waals surface area contributed by atoms with Crippen LogP contribution in [0.15, 0.2) is 30.5 Å². The monoisotopic (exact) mass is 571 g/mol. The fourth-order valence-electron chi connectivity index (χ4n) is 6.16. The summed E-state index contributed by atoms with van der Waals surface area (Å²) in [4.78, 5) is 20.5. The molecule has 2 fully saturated rings. The summed E-state index contributed by atoms with van der Waals surface area (Å²) in [6.07, 6.45) is 1.14. The van der Waals surface area contributed by atoms with Crippen LogP contribution in [0.25, 0.3) is 0 Å². The van der Waals surface area contributed by atoms with Crippen LogP contribution in [0.1, 0.15) is 59.6 Å². The molecule has 0 unspecified atom stereocenters. The minimum atomic E-state index is -0.542. The van der Waals surface area contributed by atoms with Gasteiger partial charge in [-0.15, -0.1) is 0 Å². The number of halogens is 2. The standard InChI is InChI=1S/C30H39ClFN5O3/c1-28(2,3)40-27(38)37-12-10-36(11-13-37)24-15-23(32)20(17-34-24)18-35-25-29(4,5)26(30(25,6)7)39-21-9-8-19(16-33)22(31)14-21/h8-9,14-15,17,25-26,35H,10-13,18H2,1-7H3/t25-,26-. The van der Waals surface area contributed by atoms with Gasteiger partial charge < -0.3 is 24.6 Å². The minimum absolute atomic E-state index is 0.0545. The van der Waals surface area contributed by atoms with Crippen LogP contribution in [0.2, 0.25) is 5.02 Å². The minimum Gasteiger partial charge on any atom is -0.489 e. The first kappa shape index (κ1) is 29.9. The second kappa shape index (κ2) is 11.1. The van der Waals surface area contributed by atoms with Crippen LogP contribution in [-0.2, 0) is 11.3 Å². The van der Waals surface area contributed by atoms with Crippen molar-refractivity contribution < 1.29 is 18.7 Å². The van der Waals surface area contributed by atoms with Gasteiger partial charge in [0.05, 0.1) is 10.6 Å². The molecule has 2 aromatic rings. The van der Waals surface area contributed by atoms with E-state index in [1.54, 1.807) is 29.3 Å². The molecule has 2 aliphatic rings. The van der Waals surface area contributed by atoms with Crippen LogP contribution in [0, 0.1) is 28.0 Å². The topological polar surface area (TPSA) is 90.7 Å². The van der Waals surface area contributed by atoms with Crippen LogP contribution in [0.4, 0.5) is 15.0 Å². The average Bonchev–Trinajstić information content (AvgIpc) is 2.87. The number of pyridine rings is 1. The van der Waals surface area contributed by atoms with Gasteiger partial charge in [0.25, 0.3) is 0 Å². The van der Waals surface area contributed by atoms with Crippen molar-refractivity contribution in [2.24, 2.45) is 10.8 Å². The zero-order valence-corrected chi connectivity index (χ0v) is 25.1. The van der Waals surface area contributed by atoms with Crippen LogP contribution < -0.4 is 15.0 Å². The number of anilines is 1. The summed E-state index contributed by atoms with van der Waals surface area (Å²) in [5.74, 6) is 0.859. The number of carbonyl (C=O) groups is 1. The molecule has 1 saturated carbocycles. The van der Waals surface area contributed by atoms with Gasteiger partial charge in [0.2, 0.25) is 0 Å². The zero-order chi connectivity index (χ0) is 29.5. The SMILES string of the molecule is CC(C)(C)OC(=O)N1CCN(c2cc(F)c(CN[C@H]3C(C)(C)[C@H](Oc4ccc(C#N)c(Cl)c4)C3(C)C)cn2)CC1. The molecule has 1 saturated heterocycles. The van der Waals surface area contributed by atoms with Crippen molar-refractivity contribution >= 4 is 23.5 Å². The van der Waals surface area contributed by atoms with E-state index < -0.39 is 5.60 Å². The lowest BCUT2D eigenvalue weighted by Crippen LogP contribution is -2.74. The molecule has 1 N–H and O–H groups in total. The van der Waals surface area contributed by atoms with E-state index in [1.165, 1.54) is 6.07 Å². The van der Waals surface area contributed by atoms with Gasteiger partial charge in [-0.05, 0) is 32.9 Å². The maximum Gasteiger partial charge on any atom is 0.410 e. The van der Waals surface area contributed by atoms with Gasteiger partial charge in [-0.2, -0.15) is 5.26 Å². The van der Waals surface area contributed by atoms with E-state index in [-0.39, 0.29) is 34.9 Å². The molecule has 10 heteroatoms. The summed E-state index contributed by atoms with van der Waals surface area (Å²) in [5, 5.41) is 13.0. The van der Waals surface area contributed by atoms with Gasteiger partial charge in [-0.25, -0.2) is 14.2 Å². The van der Waals surface area contributed by atoms with Crippen molar-refractivity contribution in [3.63, 3.8) is 0 Å². The molecule has 0 atom stereocenters. The fourth-order valence-corrected chi connectivity index (χ4v) is 6.37. The largest absolute Gasteiger partial charge is 0.489 e. The molecule has 0 radical (unpaired) electrons. The van der Waals surface area contributed by atoms with Gasteiger partial charge >= 0.3 is 6.09 Å². The third-order valence-corrected chi connectivity index (χ3v) is 8.13. The number of carbonyl (C=O) groups excluding carboxylic acids is 1. The fraction of sp³-hybridized carbons (Fsp3) is 0.567. The number of nitrogens with one attached hydrogen (secondary N) is 1. The number of rotatable bonds is 6. The number of amides is 1. The van der Waals surface area contributed by atoms with Gasteiger partial charge in [0.1, 0.15) is 35.2 Å². The highest BCUT2D eigenvalue weighted by Gasteiger charge is 2.63. The van der Waals surface area contributed by atoms with Crippen LogP contribution in [-0.4, -0.2) is 59.9 Å². The Hall–Kier alpha value is -3.09. The molecule has 1 amide bonds. The van der Waals surface area contributed by atoms with Crippen molar-refractivity contribution in [2.75, 3.05) is 31.1 Å². The van der Waals surface area contributed by atoms with Gasteiger partial charge in [-0.3, -0.25) is 0 Å². The lowest BCUT2D eigenvalue weighted by atomic mass is 9.49. The highest BCUT2D eigenvalue weighted by atomic mass is 35.5. The van der Waals surface area contributed by atoms with Crippen molar-refractivity contribution in [1.82, 2.24) is 15.2 Å². The first-order chi connectivity index (χ1) is 18.6. The Morgan fingerprint density at radius 3 is 2.38 bits per heavy atom. The molecule has 0 bridgehead atoms. The van der Waals surface area contributed by atoms with Crippen LogP contribution >= 0.6 is 11.6 Å². The molecule has 1 aromatic carbocycles. The third-order valence-electron chi connectivity index (χ3n) is 7.82. The third kappa shape index (κ3) is 6.13. The van der Waals surface area contributed by atoms with E-state index in [9.17, 15) is 4.79 Å². The second-order valence-corrected chi connectivity index (χ2v) is 13.2. The molecule has 216 valence electrons. The molecular weight excluding hydrogens is 533 g/mol. The number of hydrogen-bond acceptors (Lipinski definition) is 7. The summed E-state index contributed by atoms with van der Waals surface area (Å²) in [7, 11) is 0. The van der Waals surface area contributed by atoms with Crippen molar-refractivity contribution in [3.05, 3.63) is 52.4 Å². The van der Waals surface area contributed by atoms with E-state index in [2.05, 4.69) is 44.1 Å². The zero-order valence-electron chi connectivity index (χ0n) is 24.3. The first-order valence-electron chi connectivity index (χ1n) is 13.6. The smallest absolute Gasteiger partial charge is 0.410 e. The van der Waals surface area contributed by atoms with Crippen LogP contribution in [0.3, 0.4) is 0 Å². The first-order valence-corrected chi connectivity index (χ1v) is 14.0. The Labute approximate surface area is 241 Å². The van der Waals surface area contributed by atoms with Crippen molar-refractivity contribution in [1.29, 1.82) is 5.26 Å². The van der Waals surface area contributed by atoms with Gasteiger partial charge in [0, 0.05) is 73.5 Å². The lowest BCUT2D eigenvalue weighted by Gasteiger charge is -2.63. The highest BCUT2D eigenvalue weighted by Crippen LogP contribution is 2.55. The van der Waals surface area contributed by atoms with E-state index >= 15 is 4.39 Å². The molecule has 1 aliphatic heterocycles. The molecular formula is C30H39ClFN5O3. The predicted molar refractivity (Wildman–Crippen MR) is 153 cm³/mol. The summed E-state index contributed by atoms with van der Waals surface area (Å²) in [5.41, 5.74) is -0.139. The van der Waals surface area contributed by atoms with Crippen molar-refractivity contribution in [3.8, 4) is 11.8 Å². The highest BCUT2D eigenvalue weighted by molar-refractivity contribution is 6.31. The molecule has 2 heterocycles. The second-order valence-electron chi connectivity index (χ2n) is 12.8. The molecule has 0 spiro atoms. The van der Waals surface area contributed by atoms with E-state index in [0.717, 1.165) is 0 Å². The van der Waals surface area contributed by atoms with Crippen LogP contribution in [0.5, 0.6) is 5.75 Å². The number of nitrogens with zero attached hydrogens (tertiary/aromatic N) is 4. The maximum absolute atomic E-state index is 15.2. The molecule has 40 heavy (non-hydrogen) atoms. The summed E-state index contributed by atoms with van der Waals surface area (Å²) in [6.45, 7) is 16.5. The number of hydrogen-bond donors (Lipinski definition) is 1. The summed E-state index contributed by atoms with van der Waals surface area (Å²) < 4.78 is 27.0. The number of aromatic nitrogens is 1. The number of benzene rings is 1. The number of nitriles is 1. The lowest BCUT2D eigenvalue weighted by molar-refractivity contribution is -0.169. The predicted octanol–water partition coefficient (Wildman–Crippen LogP) is 5.77. The van der Waals surface area contributed by atoms with Crippen molar-refractivity contribution in [2.45, 2.75) is 72.8 Å². The molecule has 1 aromatic heterocycles. The van der Waals surface area contributed by atoms with E-state index in [4.69, 9.17) is 26.3 Å². The Morgan fingerprint density at radius 2 is 1.82 bits per heavy atom. The van der Waals surface area contributed by atoms with E-state index in [0.29, 0.717) is 60.4 Å². The van der Waals surface area contributed by atoms with Gasteiger partial charge in [-0.1, -0.05) is 39.3 Å². The Morgan fingerprint density at radius 1 is 1.18 bits per heavy atom. The maximum atomic E-state index is 15.2. The van der Waals surface area contributed by atoms with E-state index in [1.807, 2.05) is 25.7 Å². The Bertz CT molecular complexity index is 1280. The summed E-state index contributed by atoms with van der Waals surface area (Å²) in [6, 6.07) is 8.68. The average molecular weight is 572 g/mol.